The van der Waals surface area contributed by atoms with E-state index in [4.69, 9.17) is 0 Å². The minimum Gasteiger partial charge on any atom is -0.303 e. The highest BCUT2D eigenvalue weighted by Crippen LogP contribution is 2.23. The predicted molar refractivity (Wildman–Crippen MR) is 139 cm³/mol. The lowest BCUT2D eigenvalue weighted by molar-refractivity contribution is 0.213. The first-order valence-electron chi connectivity index (χ1n) is 13.6. The summed E-state index contributed by atoms with van der Waals surface area (Å²) in [6.45, 7) is 21.5. The second kappa shape index (κ2) is 19.7. The molecule has 0 heterocycles. The zero-order valence-corrected chi connectivity index (χ0v) is 23.1. The van der Waals surface area contributed by atoms with Gasteiger partial charge in [-0.2, -0.15) is 0 Å². The van der Waals surface area contributed by atoms with Crippen LogP contribution in [0.3, 0.4) is 0 Å². The van der Waals surface area contributed by atoms with Gasteiger partial charge in [-0.1, -0.05) is 80.1 Å². The van der Waals surface area contributed by atoms with Gasteiger partial charge in [0.15, 0.2) is 0 Å². The average Bonchev–Trinajstić information content (AvgIpc) is 2.77. The lowest BCUT2D eigenvalue weighted by Crippen LogP contribution is -2.82. The number of hydrogen-bond acceptors (Lipinski definition) is 4. The zero-order valence-electron chi connectivity index (χ0n) is 22.1. The van der Waals surface area contributed by atoms with Crippen molar-refractivity contribution in [3.63, 3.8) is 0 Å². The molecule has 0 unspecified atom stereocenters. The van der Waals surface area contributed by atoms with Crippen LogP contribution < -0.4 is 4.98 Å². The Balaban J connectivity index is 6.26. The van der Waals surface area contributed by atoms with E-state index in [0.717, 1.165) is 0 Å². The van der Waals surface area contributed by atoms with Crippen LogP contribution in [0.5, 0.6) is 0 Å². The lowest BCUT2D eigenvalue weighted by atomic mass is 10.3. The van der Waals surface area contributed by atoms with Gasteiger partial charge in [0, 0.05) is 0 Å². The number of nitrogens with one attached hydrogen (secondary N) is 1. The summed E-state index contributed by atoms with van der Waals surface area (Å²) in [6, 6.07) is 0. The Morgan fingerprint density at radius 2 is 0.633 bits per heavy atom. The van der Waals surface area contributed by atoms with E-state index in [1.807, 2.05) is 0 Å². The van der Waals surface area contributed by atoms with Crippen LogP contribution in [0.2, 0.25) is 0 Å². The van der Waals surface area contributed by atoms with Crippen molar-refractivity contribution in [2.24, 2.45) is 0 Å². The first-order valence-corrected chi connectivity index (χ1v) is 15.4. The van der Waals surface area contributed by atoms with Gasteiger partial charge in [-0.25, -0.2) is 0 Å². The maximum Gasteiger partial charge on any atom is 0.373 e. The van der Waals surface area contributed by atoms with Crippen LogP contribution in [0.4, 0.5) is 0 Å². The number of rotatable bonds is 22. The van der Waals surface area contributed by atoms with Gasteiger partial charge in [-0.15, -0.1) is 0 Å². The van der Waals surface area contributed by atoms with Gasteiger partial charge in [0.25, 0.3) is 0 Å². The van der Waals surface area contributed by atoms with Crippen molar-refractivity contribution in [1.29, 1.82) is 0 Å². The molecule has 0 bridgehead atoms. The van der Waals surface area contributed by atoms with Crippen molar-refractivity contribution >= 4 is 8.72 Å². The molecule has 0 aliphatic heterocycles. The maximum absolute atomic E-state index is 4.09. The van der Waals surface area contributed by atoms with E-state index in [1.54, 1.807) is 0 Å². The Hall–Kier alpha value is 0.0569. The summed E-state index contributed by atoms with van der Waals surface area (Å²) in [6.07, 6.45) is 15.6. The van der Waals surface area contributed by atoms with E-state index in [2.05, 4.69) is 67.3 Å². The second-order valence-corrected chi connectivity index (χ2v) is 12.6. The van der Waals surface area contributed by atoms with Gasteiger partial charge in [0.05, 0.1) is 0 Å². The smallest absolute Gasteiger partial charge is 0.303 e. The molecule has 0 aromatic heterocycles. The van der Waals surface area contributed by atoms with E-state index in [-0.39, 0.29) is 0 Å². The Morgan fingerprint density at radius 1 is 0.433 bits per heavy atom. The van der Waals surface area contributed by atoms with Crippen LogP contribution in [0.15, 0.2) is 0 Å². The van der Waals surface area contributed by atoms with Crippen molar-refractivity contribution < 1.29 is 0 Å². The van der Waals surface area contributed by atoms with E-state index in [0.29, 0.717) is 0 Å². The van der Waals surface area contributed by atoms with Gasteiger partial charge >= 0.3 is 8.72 Å². The Kier molecular flexibility index (Phi) is 19.8. The molecule has 0 saturated heterocycles. The van der Waals surface area contributed by atoms with Gasteiger partial charge in [0.2, 0.25) is 0 Å². The monoisotopic (exact) mass is 442 g/mol. The van der Waals surface area contributed by atoms with E-state index >= 15 is 0 Å². The molecule has 0 rings (SSSR count). The van der Waals surface area contributed by atoms with Crippen LogP contribution >= 0.6 is 0 Å². The second-order valence-electron chi connectivity index (χ2n) is 8.97. The van der Waals surface area contributed by atoms with E-state index < -0.39 is 8.72 Å². The molecule has 4 nitrogen and oxygen atoms in total. The summed E-state index contributed by atoms with van der Waals surface area (Å²) in [4.78, 5) is 4.09. The first kappa shape index (κ1) is 30.1. The standard InChI is InChI=1S/C25H58N4Si/c1-8-14-20-27(21-15-9-2)30(26-7,28(22-16-10-3)23-17-11-4)29(24-18-12-5)25-19-13-6/h26H,8-25H2,1-7H3. The van der Waals surface area contributed by atoms with Gasteiger partial charge < -0.3 is 4.98 Å². The van der Waals surface area contributed by atoms with Crippen molar-refractivity contribution in [1.82, 2.24) is 18.7 Å². The Bertz CT molecular complexity index is 293. The minimum atomic E-state index is -2.13. The van der Waals surface area contributed by atoms with Gasteiger partial charge in [-0.3, -0.25) is 13.7 Å². The molecule has 0 saturated carbocycles. The molecule has 5 heteroatoms. The predicted octanol–water partition coefficient (Wildman–Crippen LogP) is 6.35. The minimum absolute atomic E-state index is 1.24. The van der Waals surface area contributed by atoms with Crippen LogP contribution in [0.1, 0.15) is 119 Å². The zero-order chi connectivity index (χ0) is 22.7. The lowest BCUT2D eigenvalue weighted by Gasteiger charge is -2.54. The molecule has 0 aromatic rings. The Morgan fingerprint density at radius 3 is 0.767 bits per heavy atom. The van der Waals surface area contributed by atoms with Crippen molar-refractivity contribution in [2.75, 3.05) is 46.3 Å². The highest BCUT2D eigenvalue weighted by Gasteiger charge is 2.50. The third-order valence-corrected chi connectivity index (χ3v) is 11.0. The number of nitrogens with zero attached hydrogens (tertiary/aromatic N) is 3. The molecule has 30 heavy (non-hydrogen) atoms. The third kappa shape index (κ3) is 10.1. The van der Waals surface area contributed by atoms with Crippen LogP contribution in [-0.2, 0) is 0 Å². The first-order chi connectivity index (χ1) is 14.6. The fourth-order valence-corrected chi connectivity index (χ4v) is 9.41. The molecule has 0 atom stereocenters. The fourth-order valence-electron chi connectivity index (χ4n) is 4.44. The molecule has 1 N–H and O–H groups in total. The molecule has 0 amide bonds. The topological polar surface area (TPSA) is 21.8 Å². The number of unbranched alkanes of at least 4 members (excludes halogenated alkanes) is 6. The van der Waals surface area contributed by atoms with Crippen LogP contribution in [0.25, 0.3) is 0 Å². The van der Waals surface area contributed by atoms with E-state index in [9.17, 15) is 0 Å². The third-order valence-electron chi connectivity index (χ3n) is 6.35. The number of hydrogen-bond donors (Lipinski definition) is 1. The summed E-state index contributed by atoms with van der Waals surface area (Å²) in [5, 5.41) is 0. The van der Waals surface area contributed by atoms with Crippen LogP contribution in [-0.4, -0.2) is 68.7 Å². The molecule has 0 aromatic carbocycles. The van der Waals surface area contributed by atoms with Crippen molar-refractivity contribution in [3.8, 4) is 0 Å². The van der Waals surface area contributed by atoms with Crippen molar-refractivity contribution in [2.45, 2.75) is 119 Å². The molecule has 0 fully saturated rings. The maximum atomic E-state index is 4.09. The molecular weight excluding hydrogens is 384 g/mol. The fraction of sp³-hybridized carbons (Fsp3) is 1.00. The molecular formula is C25H58N4Si. The molecule has 0 spiro atoms. The normalized spacial score (nSPS) is 12.6. The van der Waals surface area contributed by atoms with Gasteiger partial charge in [-0.05, 0) is 84.8 Å². The van der Waals surface area contributed by atoms with Crippen LogP contribution in [0, 0.1) is 0 Å². The SMILES string of the molecule is CCCCN(CCCC)[Si](NC)(N(CCCC)CCCC)N(CCCC)CCCC. The molecule has 0 aliphatic carbocycles. The summed E-state index contributed by atoms with van der Waals surface area (Å²) in [5.74, 6) is 0. The quantitative estimate of drug-likeness (QED) is 0.197. The summed E-state index contributed by atoms with van der Waals surface area (Å²) < 4.78 is 8.86. The Labute approximate surface area is 192 Å². The molecule has 182 valence electrons. The molecule has 0 aliphatic rings. The summed E-state index contributed by atoms with van der Waals surface area (Å²) in [7, 11) is 0.153. The average molecular weight is 443 g/mol. The highest BCUT2D eigenvalue weighted by molar-refractivity contribution is 6.69. The van der Waals surface area contributed by atoms with E-state index in [1.165, 1.54) is 116 Å². The largest absolute Gasteiger partial charge is 0.373 e. The van der Waals surface area contributed by atoms with Gasteiger partial charge in [0.1, 0.15) is 0 Å². The molecule has 0 radical (unpaired) electrons. The highest BCUT2D eigenvalue weighted by atomic mass is 28.4. The summed E-state index contributed by atoms with van der Waals surface area (Å²) >= 11 is 0. The summed E-state index contributed by atoms with van der Waals surface area (Å²) in [5.41, 5.74) is 0. The van der Waals surface area contributed by atoms with Crippen molar-refractivity contribution in [3.05, 3.63) is 0 Å².